The van der Waals surface area contributed by atoms with Crippen LogP contribution >= 0.6 is 0 Å². The molecule has 0 saturated carbocycles. The first-order chi connectivity index (χ1) is 14.7. The third-order valence-electron chi connectivity index (χ3n) is 4.57. The molecular formula is C22H21F3N4O2. The highest BCUT2D eigenvalue weighted by molar-refractivity contribution is 6.07. The van der Waals surface area contributed by atoms with Gasteiger partial charge in [0, 0.05) is 23.3 Å². The number of para-hydroxylation sites is 1. The number of allylic oxidation sites excluding steroid dienone is 2. The fourth-order valence-corrected chi connectivity index (χ4v) is 3.00. The number of nitrogens with zero attached hydrogens (tertiary/aromatic N) is 1. The number of halogens is 3. The highest BCUT2D eigenvalue weighted by atomic mass is 19.4. The minimum atomic E-state index is -4.44. The van der Waals surface area contributed by atoms with E-state index in [1.807, 2.05) is 4.90 Å². The van der Waals surface area contributed by atoms with Gasteiger partial charge in [0.1, 0.15) is 6.61 Å². The molecule has 0 fully saturated rings. The van der Waals surface area contributed by atoms with Gasteiger partial charge in [0.05, 0.1) is 23.4 Å². The summed E-state index contributed by atoms with van der Waals surface area (Å²) >= 11 is 0. The number of nitrogens with two attached hydrogens (primary N) is 2. The van der Waals surface area contributed by atoms with Crippen molar-refractivity contribution in [1.29, 1.82) is 0 Å². The lowest BCUT2D eigenvalue weighted by atomic mass is 10.1. The van der Waals surface area contributed by atoms with Crippen molar-refractivity contribution in [2.45, 2.75) is 6.18 Å². The van der Waals surface area contributed by atoms with Crippen molar-refractivity contribution in [2.24, 2.45) is 11.5 Å². The van der Waals surface area contributed by atoms with Crippen LogP contribution in [0.2, 0.25) is 0 Å². The molecule has 3 rings (SSSR count). The first-order valence-corrected chi connectivity index (χ1v) is 9.27. The first-order valence-electron chi connectivity index (χ1n) is 9.27. The molecule has 0 spiro atoms. The van der Waals surface area contributed by atoms with E-state index in [-0.39, 0.29) is 11.3 Å². The third-order valence-corrected chi connectivity index (χ3v) is 4.57. The summed E-state index contributed by atoms with van der Waals surface area (Å²) in [6.45, 7) is 4.84. The monoisotopic (exact) mass is 430 g/mol. The number of hydrogen-bond acceptors (Lipinski definition) is 5. The Morgan fingerprint density at radius 2 is 1.87 bits per heavy atom. The van der Waals surface area contributed by atoms with Gasteiger partial charge in [0.2, 0.25) is 0 Å². The number of ether oxygens (including phenoxy) is 1. The molecule has 0 unspecified atom stereocenters. The predicted octanol–water partition coefficient (Wildman–Crippen LogP) is 3.99. The van der Waals surface area contributed by atoms with E-state index in [0.29, 0.717) is 36.0 Å². The molecule has 1 aliphatic heterocycles. The molecule has 1 aliphatic rings. The molecule has 0 aliphatic carbocycles. The Kier molecular flexibility index (Phi) is 6.24. The van der Waals surface area contributed by atoms with Gasteiger partial charge in [0.25, 0.3) is 5.91 Å². The van der Waals surface area contributed by atoms with E-state index >= 15 is 0 Å². The zero-order chi connectivity index (χ0) is 22.6. The molecular weight excluding hydrogens is 409 g/mol. The summed E-state index contributed by atoms with van der Waals surface area (Å²) in [6.07, 6.45) is 0.127. The maximum atomic E-state index is 12.8. The van der Waals surface area contributed by atoms with E-state index in [9.17, 15) is 18.0 Å². The van der Waals surface area contributed by atoms with Crippen molar-refractivity contribution < 1.29 is 22.7 Å². The summed E-state index contributed by atoms with van der Waals surface area (Å²) in [4.78, 5) is 14.7. The molecule has 9 heteroatoms. The third kappa shape index (κ3) is 5.00. The number of anilines is 2. The van der Waals surface area contributed by atoms with E-state index < -0.39 is 17.6 Å². The van der Waals surface area contributed by atoms with Crippen molar-refractivity contribution in [2.75, 3.05) is 23.4 Å². The lowest BCUT2D eigenvalue weighted by Crippen LogP contribution is -2.32. The highest BCUT2D eigenvalue weighted by Crippen LogP contribution is 2.37. The molecule has 6 nitrogen and oxygen atoms in total. The summed E-state index contributed by atoms with van der Waals surface area (Å²) in [5.41, 5.74) is 12.3. The second kappa shape index (κ2) is 8.86. The van der Waals surface area contributed by atoms with Crippen LogP contribution in [0.25, 0.3) is 0 Å². The standard InChI is InChI=1S/C22H21F3N4O2/c1-14(5-8-16(27)13-26)29-11-12-31-20-18(3-2-4-19(20)29)21(30)28-17-9-6-15(7-10-17)22(23,24)25/h2-10,13H,1,11-12,26-27H2,(H,28,30)/b8-5-,16-13+. The molecule has 31 heavy (non-hydrogen) atoms. The van der Waals surface area contributed by atoms with Gasteiger partial charge in [0.15, 0.2) is 5.75 Å². The van der Waals surface area contributed by atoms with Gasteiger partial charge in [-0.2, -0.15) is 13.2 Å². The highest BCUT2D eigenvalue weighted by Gasteiger charge is 2.30. The smallest absolute Gasteiger partial charge is 0.416 e. The van der Waals surface area contributed by atoms with Gasteiger partial charge in [-0.25, -0.2) is 0 Å². The number of carbonyl (C=O) groups is 1. The Morgan fingerprint density at radius 1 is 1.16 bits per heavy atom. The Hall–Kier alpha value is -3.88. The van der Waals surface area contributed by atoms with Crippen molar-refractivity contribution in [1.82, 2.24) is 0 Å². The molecule has 0 saturated heterocycles. The topological polar surface area (TPSA) is 93.6 Å². The van der Waals surface area contributed by atoms with E-state index in [1.54, 1.807) is 30.4 Å². The van der Waals surface area contributed by atoms with E-state index in [2.05, 4.69) is 11.9 Å². The fraction of sp³-hybridized carbons (Fsp3) is 0.136. The SMILES string of the molecule is C=C(/C=C\C(N)=C/N)N1CCOc2c(C(=O)Nc3ccc(C(F)(F)F)cc3)cccc21. The van der Waals surface area contributed by atoms with Crippen LogP contribution in [0.3, 0.4) is 0 Å². The maximum Gasteiger partial charge on any atom is 0.416 e. The number of benzene rings is 2. The van der Waals surface area contributed by atoms with Crippen LogP contribution in [-0.4, -0.2) is 19.1 Å². The van der Waals surface area contributed by atoms with Crippen LogP contribution < -0.4 is 26.4 Å². The van der Waals surface area contributed by atoms with Crippen molar-refractivity contribution >= 4 is 17.3 Å². The van der Waals surface area contributed by atoms with Crippen LogP contribution in [-0.2, 0) is 6.18 Å². The molecule has 1 heterocycles. The molecule has 0 aromatic heterocycles. The summed E-state index contributed by atoms with van der Waals surface area (Å²) in [5, 5.41) is 2.60. The van der Waals surface area contributed by atoms with E-state index in [0.717, 1.165) is 12.1 Å². The number of fused-ring (bicyclic) bond motifs is 1. The zero-order valence-electron chi connectivity index (χ0n) is 16.4. The van der Waals surface area contributed by atoms with Gasteiger partial charge in [-0.3, -0.25) is 4.79 Å². The molecule has 1 amide bonds. The van der Waals surface area contributed by atoms with Gasteiger partial charge >= 0.3 is 6.18 Å². The van der Waals surface area contributed by atoms with Crippen molar-refractivity contribution in [3.8, 4) is 5.75 Å². The second-order valence-corrected chi connectivity index (χ2v) is 6.67. The van der Waals surface area contributed by atoms with Crippen LogP contribution in [0.4, 0.5) is 24.5 Å². The molecule has 0 radical (unpaired) electrons. The largest absolute Gasteiger partial charge is 0.489 e. The number of alkyl halides is 3. The molecule has 0 atom stereocenters. The summed E-state index contributed by atoms with van der Waals surface area (Å²) in [6, 6.07) is 9.27. The molecule has 5 N–H and O–H groups in total. The average molecular weight is 430 g/mol. The van der Waals surface area contributed by atoms with Gasteiger partial charge in [-0.15, -0.1) is 0 Å². The van der Waals surface area contributed by atoms with Crippen molar-refractivity contribution in [3.63, 3.8) is 0 Å². The Balaban J connectivity index is 1.83. The Morgan fingerprint density at radius 3 is 2.52 bits per heavy atom. The van der Waals surface area contributed by atoms with Crippen LogP contribution in [0.1, 0.15) is 15.9 Å². The van der Waals surface area contributed by atoms with Gasteiger partial charge < -0.3 is 26.4 Å². The van der Waals surface area contributed by atoms with Crippen LogP contribution in [0, 0.1) is 0 Å². The normalized spacial score (nSPS) is 14.2. The second-order valence-electron chi connectivity index (χ2n) is 6.67. The average Bonchev–Trinajstić information content (AvgIpc) is 2.76. The minimum Gasteiger partial charge on any atom is -0.489 e. The number of carbonyl (C=O) groups excluding carboxylic acids is 1. The van der Waals surface area contributed by atoms with Crippen LogP contribution in [0.15, 0.2) is 78.8 Å². The number of hydrogen-bond donors (Lipinski definition) is 3. The summed E-state index contributed by atoms with van der Waals surface area (Å²) in [7, 11) is 0. The molecule has 2 aromatic carbocycles. The lowest BCUT2D eigenvalue weighted by Gasteiger charge is -2.32. The van der Waals surface area contributed by atoms with Gasteiger partial charge in [-0.1, -0.05) is 12.6 Å². The quantitative estimate of drug-likeness (QED) is 0.624. The number of nitrogens with one attached hydrogen (secondary N) is 1. The minimum absolute atomic E-state index is 0.236. The number of rotatable bonds is 5. The maximum absolute atomic E-state index is 12.8. The summed E-state index contributed by atoms with van der Waals surface area (Å²) in [5.74, 6) is -0.148. The molecule has 0 bridgehead atoms. The van der Waals surface area contributed by atoms with Crippen molar-refractivity contribution in [3.05, 3.63) is 89.9 Å². The van der Waals surface area contributed by atoms with Crippen LogP contribution in [0.5, 0.6) is 5.75 Å². The molecule has 162 valence electrons. The zero-order valence-corrected chi connectivity index (χ0v) is 16.4. The summed E-state index contributed by atoms with van der Waals surface area (Å²) < 4.78 is 43.9. The lowest BCUT2D eigenvalue weighted by molar-refractivity contribution is -0.137. The molecule has 2 aromatic rings. The predicted molar refractivity (Wildman–Crippen MR) is 113 cm³/mol. The Bertz CT molecular complexity index is 1040. The first kappa shape index (κ1) is 21.8. The Labute approximate surface area is 177 Å². The van der Waals surface area contributed by atoms with Gasteiger partial charge in [-0.05, 0) is 48.6 Å². The van der Waals surface area contributed by atoms with E-state index in [1.165, 1.54) is 18.3 Å². The number of amides is 1. The fourth-order valence-electron chi connectivity index (χ4n) is 3.00. The van der Waals surface area contributed by atoms with E-state index in [4.69, 9.17) is 16.2 Å².